The second-order valence-electron chi connectivity index (χ2n) is 6.66. The number of aromatic nitrogens is 1. The van der Waals surface area contributed by atoms with Gasteiger partial charge in [-0.15, -0.1) is 22.7 Å². The minimum absolute atomic E-state index is 0.00361. The molecule has 0 radical (unpaired) electrons. The molecule has 0 aliphatic heterocycles. The van der Waals surface area contributed by atoms with E-state index >= 15 is 0 Å². The second-order valence-corrected chi connectivity index (χ2v) is 10.7. The van der Waals surface area contributed by atoms with Gasteiger partial charge >= 0.3 is 0 Å². The Morgan fingerprint density at radius 3 is 2.56 bits per heavy atom. The standard InChI is InChI=1S/C20H19N5O4S3/c1-13(26)22-10-15-5-8-18(31-15)17-12-30-20(23-17)24-19(27)11-25(2)32(28,29)16-6-3-14(9-21)4-7-16/h3-8,12H,10-11H2,1-2H3,(H,22,26)(H,23,24,27). The van der Waals surface area contributed by atoms with E-state index in [4.69, 9.17) is 5.26 Å². The molecule has 0 saturated carbocycles. The molecule has 0 bridgehead atoms. The van der Waals surface area contributed by atoms with Gasteiger partial charge in [0.25, 0.3) is 0 Å². The van der Waals surface area contributed by atoms with Gasteiger partial charge in [0.1, 0.15) is 0 Å². The SMILES string of the molecule is CC(=O)NCc1ccc(-c2csc(NC(=O)CN(C)S(=O)(=O)c3ccc(C#N)cc3)n2)s1. The number of amides is 2. The van der Waals surface area contributed by atoms with E-state index in [1.165, 1.54) is 60.9 Å². The summed E-state index contributed by atoms with van der Waals surface area (Å²) in [7, 11) is -2.57. The summed E-state index contributed by atoms with van der Waals surface area (Å²) >= 11 is 2.71. The van der Waals surface area contributed by atoms with E-state index in [1.54, 1.807) is 5.38 Å². The lowest BCUT2D eigenvalue weighted by Crippen LogP contribution is -2.34. The van der Waals surface area contributed by atoms with Crippen molar-refractivity contribution in [3.05, 3.63) is 52.2 Å². The Morgan fingerprint density at radius 2 is 1.91 bits per heavy atom. The lowest BCUT2D eigenvalue weighted by atomic mass is 10.2. The van der Waals surface area contributed by atoms with E-state index in [1.807, 2.05) is 18.2 Å². The monoisotopic (exact) mass is 489 g/mol. The van der Waals surface area contributed by atoms with Gasteiger partial charge in [0.05, 0.1) is 40.2 Å². The molecule has 0 atom stereocenters. The Morgan fingerprint density at radius 1 is 1.19 bits per heavy atom. The third-order valence-corrected chi connectivity index (χ3v) is 7.92. The number of nitrogens with one attached hydrogen (secondary N) is 2. The van der Waals surface area contributed by atoms with Crippen molar-refractivity contribution in [2.24, 2.45) is 0 Å². The largest absolute Gasteiger partial charge is 0.351 e. The molecular formula is C20H19N5O4S3. The fraction of sp³-hybridized carbons (Fsp3) is 0.200. The topological polar surface area (TPSA) is 132 Å². The van der Waals surface area contributed by atoms with Crippen LogP contribution in [0.25, 0.3) is 10.6 Å². The summed E-state index contributed by atoms with van der Waals surface area (Å²) in [4.78, 5) is 29.7. The number of hydrogen-bond acceptors (Lipinski definition) is 8. The van der Waals surface area contributed by atoms with Gasteiger partial charge in [0.2, 0.25) is 21.8 Å². The fourth-order valence-corrected chi connectivity index (χ4v) is 5.43. The Labute approximate surface area is 193 Å². The number of hydrogen-bond donors (Lipinski definition) is 2. The molecule has 0 aliphatic rings. The van der Waals surface area contributed by atoms with Gasteiger partial charge in [0.15, 0.2) is 5.13 Å². The van der Waals surface area contributed by atoms with Crippen LogP contribution in [0.4, 0.5) is 5.13 Å². The molecular weight excluding hydrogens is 470 g/mol. The first-order valence-electron chi connectivity index (χ1n) is 9.24. The molecule has 0 spiro atoms. The van der Waals surface area contributed by atoms with Gasteiger partial charge < -0.3 is 10.6 Å². The summed E-state index contributed by atoms with van der Waals surface area (Å²) in [5.74, 6) is -0.632. The highest BCUT2D eigenvalue weighted by molar-refractivity contribution is 7.89. The first kappa shape index (κ1) is 23.6. The molecule has 9 nitrogen and oxygen atoms in total. The van der Waals surface area contributed by atoms with E-state index in [9.17, 15) is 18.0 Å². The van der Waals surface area contributed by atoms with Crippen molar-refractivity contribution in [1.82, 2.24) is 14.6 Å². The maximum absolute atomic E-state index is 12.6. The van der Waals surface area contributed by atoms with Gasteiger partial charge in [-0.3, -0.25) is 9.59 Å². The first-order chi connectivity index (χ1) is 15.2. The number of carbonyl (C=O) groups is 2. The van der Waals surface area contributed by atoms with Crippen LogP contribution in [0.1, 0.15) is 17.4 Å². The molecule has 3 rings (SSSR count). The molecule has 2 amide bonds. The maximum Gasteiger partial charge on any atom is 0.243 e. The average molecular weight is 490 g/mol. The molecule has 166 valence electrons. The number of nitrogens with zero attached hydrogens (tertiary/aromatic N) is 3. The predicted molar refractivity (Wildman–Crippen MR) is 123 cm³/mol. The summed E-state index contributed by atoms with van der Waals surface area (Å²) in [5.41, 5.74) is 1.03. The van der Waals surface area contributed by atoms with Crippen LogP contribution in [0, 0.1) is 11.3 Å². The van der Waals surface area contributed by atoms with E-state index in [-0.39, 0.29) is 10.8 Å². The van der Waals surface area contributed by atoms with Crippen LogP contribution in [-0.4, -0.2) is 43.1 Å². The van der Waals surface area contributed by atoms with Gasteiger partial charge in [0, 0.05) is 24.2 Å². The second kappa shape index (κ2) is 10.0. The summed E-state index contributed by atoms with van der Waals surface area (Å²) in [6, 6.07) is 11.2. The molecule has 3 aromatic rings. The Hall–Kier alpha value is -3.11. The zero-order valence-electron chi connectivity index (χ0n) is 17.2. The number of rotatable bonds is 8. The normalized spacial score (nSPS) is 11.2. The number of sulfonamides is 1. The van der Waals surface area contributed by atoms with E-state index in [0.29, 0.717) is 22.9 Å². The van der Waals surface area contributed by atoms with Gasteiger partial charge in [-0.2, -0.15) is 9.57 Å². The van der Waals surface area contributed by atoms with E-state index in [0.717, 1.165) is 14.1 Å². The molecule has 0 unspecified atom stereocenters. The number of thiazole rings is 1. The number of nitriles is 1. The molecule has 2 heterocycles. The minimum atomic E-state index is -3.88. The number of anilines is 1. The van der Waals surface area contributed by atoms with Gasteiger partial charge in [-0.1, -0.05) is 0 Å². The van der Waals surface area contributed by atoms with E-state index < -0.39 is 22.5 Å². The highest BCUT2D eigenvalue weighted by atomic mass is 32.2. The number of thiophene rings is 1. The Kier molecular flexibility index (Phi) is 7.37. The summed E-state index contributed by atoms with van der Waals surface area (Å²) in [6.07, 6.45) is 0. The average Bonchev–Trinajstić information content (AvgIpc) is 3.41. The lowest BCUT2D eigenvalue weighted by Gasteiger charge is -2.16. The van der Waals surface area contributed by atoms with Crippen molar-refractivity contribution in [3.63, 3.8) is 0 Å². The molecule has 0 aliphatic carbocycles. The fourth-order valence-electron chi connectivity index (χ4n) is 2.59. The summed E-state index contributed by atoms with van der Waals surface area (Å²) < 4.78 is 26.2. The molecule has 2 aromatic heterocycles. The highest BCUT2D eigenvalue weighted by Crippen LogP contribution is 2.30. The van der Waals surface area contributed by atoms with Crippen molar-refractivity contribution in [3.8, 4) is 16.6 Å². The third-order valence-electron chi connectivity index (χ3n) is 4.23. The van der Waals surface area contributed by atoms with Crippen LogP contribution in [0.15, 0.2) is 46.7 Å². The lowest BCUT2D eigenvalue weighted by molar-refractivity contribution is -0.119. The van der Waals surface area contributed by atoms with Crippen molar-refractivity contribution >= 4 is 49.6 Å². The summed E-state index contributed by atoms with van der Waals surface area (Å²) in [5, 5.41) is 16.3. The quantitative estimate of drug-likeness (QED) is 0.500. The van der Waals surface area contributed by atoms with E-state index in [2.05, 4.69) is 15.6 Å². The smallest absolute Gasteiger partial charge is 0.243 e. The van der Waals surface area contributed by atoms with Crippen molar-refractivity contribution in [2.75, 3.05) is 18.9 Å². The molecule has 32 heavy (non-hydrogen) atoms. The maximum atomic E-state index is 12.6. The number of likely N-dealkylation sites (N-methyl/N-ethyl adjacent to an activating group) is 1. The van der Waals surface area contributed by atoms with Crippen LogP contribution in [0.5, 0.6) is 0 Å². The Bertz CT molecular complexity index is 1270. The Balaban J connectivity index is 1.61. The van der Waals surface area contributed by atoms with Gasteiger partial charge in [-0.05, 0) is 36.4 Å². The van der Waals surface area contributed by atoms with Crippen molar-refractivity contribution in [1.29, 1.82) is 5.26 Å². The molecule has 0 saturated heterocycles. The molecule has 0 fully saturated rings. The number of benzene rings is 1. The van der Waals surface area contributed by atoms with Crippen LogP contribution < -0.4 is 10.6 Å². The van der Waals surface area contributed by atoms with Crippen molar-refractivity contribution < 1.29 is 18.0 Å². The summed E-state index contributed by atoms with van der Waals surface area (Å²) in [6.45, 7) is 1.50. The highest BCUT2D eigenvalue weighted by Gasteiger charge is 2.23. The van der Waals surface area contributed by atoms with Crippen LogP contribution >= 0.6 is 22.7 Å². The van der Waals surface area contributed by atoms with Crippen LogP contribution in [-0.2, 0) is 26.2 Å². The van der Waals surface area contributed by atoms with Crippen LogP contribution in [0.2, 0.25) is 0 Å². The third kappa shape index (κ3) is 5.77. The first-order valence-corrected chi connectivity index (χ1v) is 12.4. The van der Waals surface area contributed by atoms with Crippen molar-refractivity contribution in [2.45, 2.75) is 18.4 Å². The predicted octanol–water partition coefficient (Wildman–Crippen LogP) is 2.64. The van der Waals surface area contributed by atoms with Gasteiger partial charge in [-0.25, -0.2) is 13.4 Å². The zero-order valence-corrected chi connectivity index (χ0v) is 19.6. The molecule has 1 aromatic carbocycles. The number of carbonyl (C=O) groups excluding carboxylic acids is 2. The zero-order chi connectivity index (χ0) is 23.3. The molecule has 2 N–H and O–H groups in total. The minimum Gasteiger partial charge on any atom is -0.351 e. The van der Waals surface area contributed by atoms with Crippen LogP contribution in [0.3, 0.4) is 0 Å². The molecule has 12 heteroatoms.